The molecule has 9 N–H and O–H groups in total. The first-order valence-corrected chi connectivity index (χ1v) is 10.1. The number of nitrogens with two attached hydrogens (primary N) is 2. The smallest absolute Gasteiger partial charge is 0.325 e. The summed E-state index contributed by atoms with van der Waals surface area (Å²) >= 11 is 0. The summed E-state index contributed by atoms with van der Waals surface area (Å²) in [6.45, 7) is 4.82. The Labute approximate surface area is 185 Å². The average molecular weight is 460 g/mol. The summed E-state index contributed by atoms with van der Waals surface area (Å²) in [5.41, 5.74) is 10.8. The minimum absolute atomic E-state index is 0.0498. The number of carbonyl (C=O) groups is 6. The van der Waals surface area contributed by atoms with Crippen molar-refractivity contribution < 1.29 is 39.0 Å². The number of carbonyl (C=O) groups excluding carboxylic acids is 4. The summed E-state index contributed by atoms with van der Waals surface area (Å²) in [7, 11) is 0. The number of rotatable bonds is 15. The molecule has 0 rings (SSSR count). The lowest BCUT2D eigenvalue weighted by Crippen LogP contribution is -2.57. The lowest BCUT2D eigenvalue weighted by molar-refractivity contribution is -0.142. The van der Waals surface area contributed by atoms with E-state index >= 15 is 0 Å². The van der Waals surface area contributed by atoms with E-state index < -0.39 is 59.7 Å². The van der Waals surface area contributed by atoms with Gasteiger partial charge >= 0.3 is 11.9 Å². The molecule has 0 aromatic rings. The molecule has 0 aliphatic rings. The number of aliphatic carboxylic acids is 2. The average Bonchev–Trinajstić information content (AvgIpc) is 2.67. The van der Waals surface area contributed by atoms with Crippen LogP contribution in [0.25, 0.3) is 0 Å². The third kappa shape index (κ3) is 11.8. The van der Waals surface area contributed by atoms with Crippen LogP contribution in [0.2, 0.25) is 0 Å². The van der Waals surface area contributed by atoms with Crippen LogP contribution in [0.3, 0.4) is 0 Å². The standard InChI is InChI=1S/C19H33N5O8/c1-9(2)8-13(24-16(28)11(20)4-7-15(26)27)18(30)23-12(5-6-14(21)25)17(29)22-10(3)19(31)32/h9-13H,4-8,20H2,1-3H3,(H2,21,25)(H,22,29)(H,23,30)(H,24,28)(H,26,27)(H,31,32). The van der Waals surface area contributed by atoms with Gasteiger partial charge in [-0.05, 0) is 32.1 Å². The molecule has 182 valence electrons. The van der Waals surface area contributed by atoms with Gasteiger partial charge in [0.1, 0.15) is 18.1 Å². The molecular formula is C19H33N5O8. The van der Waals surface area contributed by atoms with Gasteiger partial charge in [0.15, 0.2) is 0 Å². The Morgan fingerprint density at radius 2 is 1.31 bits per heavy atom. The Bertz CT molecular complexity index is 712. The maximum absolute atomic E-state index is 12.8. The molecule has 0 saturated carbocycles. The van der Waals surface area contributed by atoms with E-state index in [9.17, 15) is 28.8 Å². The number of primary amides is 1. The van der Waals surface area contributed by atoms with Crippen LogP contribution in [0.1, 0.15) is 52.9 Å². The van der Waals surface area contributed by atoms with E-state index in [1.54, 1.807) is 13.8 Å². The van der Waals surface area contributed by atoms with Crippen LogP contribution in [-0.2, 0) is 28.8 Å². The minimum atomic E-state index is -1.29. The maximum atomic E-state index is 12.8. The zero-order valence-electron chi connectivity index (χ0n) is 18.4. The SMILES string of the molecule is CC(C)CC(NC(=O)C(N)CCC(=O)O)C(=O)NC(CCC(N)=O)C(=O)NC(C)C(=O)O. The molecule has 0 aromatic heterocycles. The molecule has 13 nitrogen and oxygen atoms in total. The molecule has 0 saturated heterocycles. The highest BCUT2D eigenvalue weighted by atomic mass is 16.4. The van der Waals surface area contributed by atoms with Crippen LogP contribution >= 0.6 is 0 Å². The van der Waals surface area contributed by atoms with Gasteiger partial charge in [-0.2, -0.15) is 0 Å². The van der Waals surface area contributed by atoms with Crippen LogP contribution in [-0.4, -0.2) is 69.9 Å². The van der Waals surface area contributed by atoms with E-state index in [1.165, 1.54) is 6.92 Å². The summed E-state index contributed by atoms with van der Waals surface area (Å²) in [5.74, 6) is -5.50. The van der Waals surface area contributed by atoms with Crippen molar-refractivity contribution in [2.45, 2.75) is 77.0 Å². The minimum Gasteiger partial charge on any atom is -0.481 e. The van der Waals surface area contributed by atoms with Gasteiger partial charge in [-0.15, -0.1) is 0 Å². The Balaban J connectivity index is 5.38. The number of nitrogens with one attached hydrogen (secondary N) is 3. The van der Waals surface area contributed by atoms with Gasteiger partial charge in [-0.3, -0.25) is 28.8 Å². The topological polar surface area (TPSA) is 231 Å². The van der Waals surface area contributed by atoms with Crippen molar-refractivity contribution in [2.75, 3.05) is 0 Å². The predicted molar refractivity (Wildman–Crippen MR) is 112 cm³/mol. The first-order valence-electron chi connectivity index (χ1n) is 10.1. The highest BCUT2D eigenvalue weighted by molar-refractivity contribution is 5.94. The lowest BCUT2D eigenvalue weighted by Gasteiger charge is -2.25. The van der Waals surface area contributed by atoms with Crippen molar-refractivity contribution in [3.05, 3.63) is 0 Å². The second-order valence-corrected chi connectivity index (χ2v) is 7.86. The Morgan fingerprint density at radius 1 is 0.781 bits per heavy atom. The molecule has 0 spiro atoms. The van der Waals surface area contributed by atoms with Gasteiger partial charge in [0.05, 0.1) is 6.04 Å². The fourth-order valence-corrected chi connectivity index (χ4v) is 2.60. The highest BCUT2D eigenvalue weighted by Gasteiger charge is 2.30. The summed E-state index contributed by atoms with van der Waals surface area (Å²) in [6, 6.07) is -4.77. The highest BCUT2D eigenvalue weighted by Crippen LogP contribution is 2.08. The van der Waals surface area contributed by atoms with E-state index in [0.29, 0.717) is 0 Å². The fraction of sp³-hybridized carbons (Fsp3) is 0.684. The number of hydrogen-bond acceptors (Lipinski definition) is 7. The van der Waals surface area contributed by atoms with E-state index in [4.69, 9.17) is 21.7 Å². The van der Waals surface area contributed by atoms with E-state index in [1.807, 2.05) is 0 Å². The third-order valence-corrected chi connectivity index (χ3v) is 4.39. The molecule has 0 aliphatic heterocycles. The normalized spacial score (nSPS) is 14.5. The van der Waals surface area contributed by atoms with Crippen LogP contribution in [0, 0.1) is 5.92 Å². The van der Waals surface area contributed by atoms with Gasteiger partial charge in [0.2, 0.25) is 23.6 Å². The van der Waals surface area contributed by atoms with Crippen molar-refractivity contribution >= 4 is 35.6 Å². The molecule has 0 heterocycles. The van der Waals surface area contributed by atoms with Crippen LogP contribution in [0.4, 0.5) is 0 Å². The van der Waals surface area contributed by atoms with E-state index in [-0.39, 0.29) is 38.0 Å². The summed E-state index contributed by atoms with van der Waals surface area (Å²) < 4.78 is 0. The molecule has 13 heteroatoms. The molecule has 0 bridgehead atoms. The number of amides is 4. The molecular weight excluding hydrogens is 426 g/mol. The number of carboxylic acid groups (broad SMARTS) is 2. The number of carboxylic acids is 2. The molecule has 4 atom stereocenters. The first-order chi connectivity index (χ1) is 14.7. The molecule has 4 amide bonds. The molecule has 0 fully saturated rings. The van der Waals surface area contributed by atoms with Crippen LogP contribution in [0.15, 0.2) is 0 Å². The van der Waals surface area contributed by atoms with Crippen LogP contribution in [0.5, 0.6) is 0 Å². The zero-order chi connectivity index (χ0) is 25.0. The first kappa shape index (κ1) is 28.8. The molecule has 0 radical (unpaired) electrons. The Morgan fingerprint density at radius 3 is 1.78 bits per heavy atom. The van der Waals surface area contributed by atoms with Gasteiger partial charge in [-0.25, -0.2) is 0 Å². The van der Waals surface area contributed by atoms with Crippen LogP contribution < -0.4 is 27.4 Å². The second-order valence-electron chi connectivity index (χ2n) is 7.86. The largest absolute Gasteiger partial charge is 0.481 e. The van der Waals surface area contributed by atoms with E-state index in [0.717, 1.165) is 0 Å². The summed E-state index contributed by atoms with van der Waals surface area (Å²) in [4.78, 5) is 70.3. The second kappa shape index (κ2) is 14.0. The van der Waals surface area contributed by atoms with Gasteiger partial charge < -0.3 is 37.6 Å². The maximum Gasteiger partial charge on any atom is 0.325 e. The Kier molecular flexibility index (Phi) is 12.6. The van der Waals surface area contributed by atoms with Gasteiger partial charge in [0.25, 0.3) is 0 Å². The number of hydrogen-bond donors (Lipinski definition) is 7. The predicted octanol–water partition coefficient (Wildman–Crippen LogP) is -1.95. The van der Waals surface area contributed by atoms with Crippen molar-refractivity contribution in [1.29, 1.82) is 0 Å². The quantitative estimate of drug-likeness (QED) is 0.144. The van der Waals surface area contributed by atoms with Crippen molar-refractivity contribution in [3.63, 3.8) is 0 Å². The monoisotopic (exact) mass is 459 g/mol. The fourth-order valence-electron chi connectivity index (χ4n) is 2.60. The Hall–Kier alpha value is -3.22. The van der Waals surface area contributed by atoms with Gasteiger partial charge in [0, 0.05) is 12.8 Å². The van der Waals surface area contributed by atoms with Crippen molar-refractivity contribution in [3.8, 4) is 0 Å². The zero-order valence-corrected chi connectivity index (χ0v) is 18.4. The summed E-state index contributed by atoms with van der Waals surface area (Å²) in [5, 5.41) is 24.7. The lowest BCUT2D eigenvalue weighted by atomic mass is 10.0. The molecule has 0 aromatic carbocycles. The molecule has 32 heavy (non-hydrogen) atoms. The third-order valence-electron chi connectivity index (χ3n) is 4.39. The summed E-state index contributed by atoms with van der Waals surface area (Å²) in [6.07, 6.45) is -0.708. The van der Waals surface area contributed by atoms with Gasteiger partial charge in [-0.1, -0.05) is 13.8 Å². The molecule has 0 aliphatic carbocycles. The molecule has 4 unspecified atom stereocenters. The van der Waals surface area contributed by atoms with Crippen molar-refractivity contribution in [2.24, 2.45) is 17.4 Å². The van der Waals surface area contributed by atoms with Crippen molar-refractivity contribution in [1.82, 2.24) is 16.0 Å². The van der Waals surface area contributed by atoms with E-state index in [2.05, 4.69) is 16.0 Å².